The number of rotatable bonds is 5. The van der Waals surface area contributed by atoms with Gasteiger partial charge in [-0.05, 0) is 42.8 Å². The third kappa shape index (κ3) is 4.81. The molecule has 0 radical (unpaired) electrons. The van der Waals surface area contributed by atoms with Gasteiger partial charge < -0.3 is 14.8 Å². The van der Waals surface area contributed by atoms with Gasteiger partial charge in [0.1, 0.15) is 0 Å². The van der Waals surface area contributed by atoms with E-state index in [2.05, 4.69) is 5.32 Å². The van der Waals surface area contributed by atoms with E-state index in [0.29, 0.717) is 16.4 Å². The van der Waals surface area contributed by atoms with Gasteiger partial charge in [-0.15, -0.1) is 11.8 Å². The number of ether oxygens (including phenoxy) is 2. The van der Waals surface area contributed by atoms with Crippen LogP contribution in [0.5, 0.6) is 11.5 Å². The van der Waals surface area contributed by atoms with Crippen LogP contribution in [0.25, 0.3) is 0 Å². The first-order valence-corrected chi connectivity index (χ1v) is 9.19. The minimum absolute atomic E-state index is 0.166. The van der Waals surface area contributed by atoms with Gasteiger partial charge in [-0.25, -0.2) is 0 Å². The van der Waals surface area contributed by atoms with Crippen LogP contribution in [-0.4, -0.2) is 18.0 Å². The van der Waals surface area contributed by atoms with Gasteiger partial charge in [-0.3, -0.25) is 4.79 Å². The van der Waals surface area contributed by atoms with E-state index in [-0.39, 0.29) is 24.3 Å². The van der Waals surface area contributed by atoms with Crippen LogP contribution in [0.2, 0.25) is 5.02 Å². The summed E-state index contributed by atoms with van der Waals surface area (Å²) in [5.41, 5.74) is -0.0854. The summed E-state index contributed by atoms with van der Waals surface area (Å²) in [5.74, 6) is 0.975. The topological polar surface area (TPSA) is 47.6 Å². The SMILES string of the molecule is C[C@H](Sc1ccc(Cl)c(C(F)(F)F)c1)C(=O)NCc1ccc2c(c1)OCO2. The summed E-state index contributed by atoms with van der Waals surface area (Å²) < 4.78 is 49.3. The van der Waals surface area contributed by atoms with Crippen LogP contribution in [0.4, 0.5) is 13.2 Å². The second-order valence-corrected chi connectivity index (χ2v) is 7.63. The van der Waals surface area contributed by atoms with Gasteiger partial charge in [-0.2, -0.15) is 13.2 Å². The Kier molecular flexibility index (Phi) is 5.76. The molecule has 0 fully saturated rings. The number of carbonyl (C=O) groups is 1. The van der Waals surface area contributed by atoms with Crippen molar-refractivity contribution in [2.75, 3.05) is 6.79 Å². The summed E-state index contributed by atoms with van der Waals surface area (Å²) in [4.78, 5) is 12.6. The molecule has 1 N–H and O–H groups in total. The fourth-order valence-electron chi connectivity index (χ4n) is 2.44. The number of nitrogens with one attached hydrogen (secondary N) is 1. The van der Waals surface area contributed by atoms with Crippen molar-refractivity contribution >= 4 is 29.3 Å². The van der Waals surface area contributed by atoms with Crippen LogP contribution in [0.15, 0.2) is 41.3 Å². The molecule has 0 saturated carbocycles. The van der Waals surface area contributed by atoms with E-state index >= 15 is 0 Å². The minimum Gasteiger partial charge on any atom is -0.454 e. The zero-order valence-electron chi connectivity index (χ0n) is 14.1. The average Bonchev–Trinajstić information content (AvgIpc) is 3.08. The first kappa shape index (κ1) is 19.7. The Hall–Kier alpha value is -2.06. The van der Waals surface area contributed by atoms with Crippen molar-refractivity contribution in [1.29, 1.82) is 0 Å². The molecule has 0 aliphatic carbocycles. The van der Waals surface area contributed by atoms with Gasteiger partial charge in [0.05, 0.1) is 15.8 Å². The van der Waals surface area contributed by atoms with Crippen molar-refractivity contribution in [3.05, 3.63) is 52.5 Å². The molecule has 144 valence electrons. The number of amides is 1. The molecule has 0 spiro atoms. The summed E-state index contributed by atoms with van der Waals surface area (Å²) in [7, 11) is 0. The van der Waals surface area contributed by atoms with Gasteiger partial charge in [0.15, 0.2) is 11.5 Å². The summed E-state index contributed by atoms with van der Waals surface area (Å²) in [6, 6.07) is 8.94. The maximum Gasteiger partial charge on any atom is 0.417 e. The van der Waals surface area contributed by atoms with Crippen molar-refractivity contribution < 1.29 is 27.4 Å². The third-order valence-electron chi connectivity index (χ3n) is 3.83. The molecule has 0 aromatic heterocycles. The van der Waals surface area contributed by atoms with Crippen LogP contribution in [0.1, 0.15) is 18.1 Å². The van der Waals surface area contributed by atoms with E-state index in [9.17, 15) is 18.0 Å². The first-order valence-electron chi connectivity index (χ1n) is 7.93. The molecule has 0 saturated heterocycles. The highest BCUT2D eigenvalue weighted by Gasteiger charge is 2.33. The fourth-order valence-corrected chi connectivity index (χ4v) is 3.59. The standard InChI is InChI=1S/C18H15ClF3NO3S/c1-10(27-12-3-4-14(19)13(7-12)18(20,21)22)17(24)23-8-11-2-5-15-16(6-11)26-9-25-15/h2-7,10H,8-9H2,1H3,(H,23,24)/t10-/m0/s1. The van der Waals surface area contributed by atoms with Gasteiger partial charge in [0.2, 0.25) is 12.7 Å². The largest absolute Gasteiger partial charge is 0.454 e. The second kappa shape index (κ2) is 7.90. The highest BCUT2D eigenvalue weighted by atomic mass is 35.5. The third-order valence-corrected chi connectivity index (χ3v) is 5.25. The van der Waals surface area contributed by atoms with Crippen molar-refractivity contribution in [3.63, 3.8) is 0 Å². The van der Waals surface area contributed by atoms with Crippen molar-refractivity contribution in [1.82, 2.24) is 5.32 Å². The summed E-state index contributed by atoms with van der Waals surface area (Å²) in [6.07, 6.45) is -4.54. The molecule has 1 heterocycles. The molecule has 4 nitrogen and oxygen atoms in total. The highest BCUT2D eigenvalue weighted by molar-refractivity contribution is 8.00. The minimum atomic E-state index is -4.54. The molecule has 27 heavy (non-hydrogen) atoms. The lowest BCUT2D eigenvalue weighted by Crippen LogP contribution is -2.30. The molecule has 2 aromatic carbocycles. The van der Waals surface area contributed by atoms with Crippen molar-refractivity contribution in [3.8, 4) is 11.5 Å². The second-order valence-electron chi connectivity index (χ2n) is 5.80. The first-order chi connectivity index (χ1) is 12.7. The van der Waals surface area contributed by atoms with E-state index in [4.69, 9.17) is 21.1 Å². The van der Waals surface area contributed by atoms with E-state index in [0.717, 1.165) is 23.4 Å². The molecule has 1 aliphatic heterocycles. The smallest absolute Gasteiger partial charge is 0.417 e. The molecule has 3 rings (SSSR count). The Balaban J connectivity index is 1.59. The summed E-state index contributed by atoms with van der Waals surface area (Å²) in [5, 5.41) is 1.81. The molecular weight excluding hydrogens is 403 g/mol. The van der Waals surface area contributed by atoms with Gasteiger partial charge in [-0.1, -0.05) is 17.7 Å². The van der Waals surface area contributed by atoms with Crippen LogP contribution in [0, 0.1) is 0 Å². The zero-order valence-corrected chi connectivity index (χ0v) is 15.7. The van der Waals surface area contributed by atoms with E-state index in [1.54, 1.807) is 25.1 Å². The Morgan fingerprint density at radius 1 is 1.22 bits per heavy atom. The number of halogens is 4. The number of fused-ring (bicyclic) bond motifs is 1. The average molecular weight is 418 g/mol. The lowest BCUT2D eigenvalue weighted by atomic mass is 10.2. The Morgan fingerprint density at radius 2 is 1.96 bits per heavy atom. The number of carbonyl (C=O) groups excluding carboxylic acids is 1. The normalized spacial score (nSPS) is 14.1. The number of hydrogen-bond acceptors (Lipinski definition) is 4. The Bertz CT molecular complexity index is 860. The number of alkyl halides is 3. The maximum atomic E-state index is 12.9. The summed E-state index contributed by atoms with van der Waals surface area (Å²) in [6.45, 7) is 2.07. The zero-order chi connectivity index (χ0) is 19.6. The van der Waals surface area contributed by atoms with Gasteiger partial charge in [0, 0.05) is 11.4 Å². The molecule has 1 atom stereocenters. The predicted molar refractivity (Wildman–Crippen MR) is 96.2 cm³/mol. The van der Waals surface area contributed by atoms with Crippen LogP contribution in [-0.2, 0) is 17.5 Å². The van der Waals surface area contributed by atoms with Crippen molar-refractivity contribution in [2.24, 2.45) is 0 Å². The number of hydrogen-bond donors (Lipinski definition) is 1. The predicted octanol–water partition coefficient (Wildman–Crippen LogP) is 4.88. The maximum absolute atomic E-state index is 12.9. The quantitative estimate of drug-likeness (QED) is 0.704. The lowest BCUT2D eigenvalue weighted by Gasteiger charge is -2.14. The van der Waals surface area contributed by atoms with E-state index in [1.165, 1.54) is 12.1 Å². The molecule has 0 bridgehead atoms. The molecular formula is C18H15ClF3NO3S. The summed E-state index contributed by atoms with van der Waals surface area (Å²) >= 11 is 6.64. The van der Waals surface area contributed by atoms with E-state index < -0.39 is 17.0 Å². The monoisotopic (exact) mass is 417 g/mol. The number of benzene rings is 2. The van der Waals surface area contributed by atoms with Crippen molar-refractivity contribution in [2.45, 2.75) is 29.8 Å². The Labute approximate surface area is 163 Å². The molecule has 9 heteroatoms. The van der Waals surface area contributed by atoms with E-state index in [1.807, 2.05) is 0 Å². The molecule has 2 aromatic rings. The highest BCUT2D eigenvalue weighted by Crippen LogP contribution is 2.38. The lowest BCUT2D eigenvalue weighted by molar-refractivity contribution is -0.137. The van der Waals surface area contributed by atoms with Gasteiger partial charge >= 0.3 is 6.18 Å². The van der Waals surface area contributed by atoms with Crippen LogP contribution >= 0.6 is 23.4 Å². The van der Waals surface area contributed by atoms with Crippen LogP contribution in [0.3, 0.4) is 0 Å². The fraction of sp³-hybridized carbons (Fsp3) is 0.278. The molecule has 0 unspecified atom stereocenters. The molecule has 1 aliphatic rings. The van der Waals surface area contributed by atoms with Crippen LogP contribution < -0.4 is 14.8 Å². The molecule has 1 amide bonds. The van der Waals surface area contributed by atoms with Gasteiger partial charge in [0.25, 0.3) is 0 Å². The Morgan fingerprint density at radius 3 is 2.70 bits per heavy atom. The number of thioether (sulfide) groups is 1.